The monoisotopic (exact) mass is 521 g/mol. The Morgan fingerprint density at radius 3 is 2.59 bits per heavy atom. The van der Waals surface area contributed by atoms with Gasteiger partial charge in [-0.15, -0.1) is 0 Å². The van der Waals surface area contributed by atoms with E-state index in [1.807, 2.05) is 36.4 Å². The molecule has 9 heteroatoms. The third-order valence-electron chi connectivity index (χ3n) is 6.93. The van der Waals surface area contributed by atoms with Crippen LogP contribution >= 0.6 is 11.3 Å². The summed E-state index contributed by atoms with van der Waals surface area (Å²) in [5, 5.41) is 0. The Labute approximate surface area is 219 Å². The lowest BCUT2D eigenvalue weighted by Crippen LogP contribution is -2.39. The van der Waals surface area contributed by atoms with E-state index >= 15 is 0 Å². The van der Waals surface area contributed by atoms with Gasteiger partial charge in [-0.2, -0.15) is 0 Å². The van der Waals surface area contributed by atoms with E-state index in [1.165, 1.54) is 11.3 Å². The summed E-state index contributed by atoms with van der Waals surface area (Å²) in [5.74, 6) is 2.37. The van der Waals surface area contributed by atoms with Gasteiger partial charge >= 0.3 is 5.97 Å². The summed E-state index contributed by atoms with van der Waals surface area (Å²) in [6, 6.07) is 10.5. The summed E-state index contributed by atoms with van der Waals surface area (Å²) in [4.78, 5) is 34.1. The number of nitrogens with zero attached hydrogens (tertiary/aromatic N) is 3. The molecule has 4 heterocycles. The van der Waals surface area contributed by atoms with E-state index in [1.54, 1.807) is 31.6 Å². The second-order valence-corrected chi connectivity index (χ2v) is 10.4. The predicted octanol–water partition coefficient (Wildman–Crippen LogP) is 3.64. The maximum atomic E-state index is 13.7. The first-order valence-electron chi connectivity index (χ1n) is 12.6. The number of furan rings is 1. The van der Waals surface area contributed by atoms with Crippen LogP contribution in [-0.4, -0.2) is 37.3 Å². The largest absolute Gasteiger partial charge is 0.497 e. The lowest BCUT2D eigenvalue weighted by atomic mass is 9.96. The maximum Gasteiger partial charge on any atom is 0.338 e. The number of benzene rings is 1. The van der Waals surface area contributed by atoms with Gasteiger partial charge in [-0.3, -0.25) is 9.36 Å². The van der Waals surface area contributed by atoms with Gasteiger partial charge in [0.05, 0.1) is 35.6 Å². The molecule has 0 unspecified atom stereocenters. The molecule has 194 valence electrons. The zero-order chi connectivity index (χ0) is 26.1. The number of anilines is 1. The third kappa shape index (κ3) is 4.87. The lowest BCUT2D eigenvalue weighted by molar-refractivity contribution is -0.139. The fraction of sp³-hybridized carbons (Fsp3) is 0.393. The number of fused-ring (bicyclic) bond motifs is 1. The van der Waals surface area contributed by atoms with Crippen LogP contribution in [0.5, 0.6) is 5.75 Å². The molecule has 8 nitrogen and oxygen atoms in total. The number of carbonyl (C=O) groups is 1. The number of esters is 1. The van der Waals surface area contributed by atoms with Gasteiger partial charge in [0, 0.05) is 25.2 Å². The van der Waals surface area contributed by atoms with E-state index in [-0.39, 0.29) is 12.2 Å². The molecule has 2 aromatic heterocycles. The van der Waals surface area contributed by atoms with Crippen molar-refractivity contribution in [3.8, 4) is 5.75 Å². The minimum atomic E-state index is -0.661. The second-order valence-electron chi connectivity index (χ2n) is 9.42. The quantitative estimate of drug-likeness (QED) is 0.461. The number of aromatic nitrogens is 1. The summed E-state index contributed by atoms with van der Waals surface area (Å²) in [5.41, 5.74) is 1.42. The normalized spacial score (nSPS) is 18.5. The Morgan fingerprint density at radius 2 is 1.92 bits per heavy atom. The van der Waals surface area contributed by atoms with Crippen LogP contribution in [0.3, 0.4) is 0 Å². The van der Waals surface area contributed by atoms with Crippen LogP contribution in [-0.2, 0) is 9.53 Å². The first-order chi connectivity index (χ1) is 17.9. The summed E-state index contributed by atoms with van der Waals surface area (Å²) in [7, 11) is 1.60. The molecule has 3 aromatic rings. The van der Waals surface area contributed by atoms with Crippen molar-refractivity contribution in [1.82, 2.24) is 4.57 Å². The smallest absolute Gasteiger partial charge is 0.338 e. The molecule has 0 N–H and O–H groups in total. The number of hydrogen-bond donors (Lipinski definition) is 0. The Bertz CT molecular complexity index is 1500. The minimum absolute atomic E-state index is 0.228. The molecule has 37 heavy (non-hydrogen) atoms. The number of hydrogen-bond acceptors (Lipinski definition) is 8. The van der Waals surface area contributed by atoms with Crippen molar-refractivity contribution >= 4 is 29.3 Å². The maximum absolute atomic E-state index is 13.7. The molecule has 0 bridgehead atoms. The summed E-state index contributed by atoms with van der Waals surface area (Å²) >= 11 is 1.28. The molecule has 0 saturated carbocycles. The summed E-state index contributed by atoms with van der Waals surface area (Å²) < 4.78 is 18.8. The Kier molecular flexibility index (Phi) is 7.06. The predicted molar refractivity (Wildman–Crippen MR) is 143 cm³/mol. The molecule has 1 atom stereocenters. The van der Waals surface area contributed by atoms with Crippen molar-refractivity contribution in [2.24, 2.45) is 10.9 Å². The zero-order valence-electron chi connectivity index (χ0n) is 21.5. The fourth-order valence-corrected chi connectivity index (χ4v) is 5.87. The lowest BCUT2D eigenvalue weighted by Gasteiger charge is -2.29. The minimum Gasteiger partial charge on any atom is -0.497 e. The summed E-state index contributed by atoms with van der Waals surface area (Å²) in [6.07, 6.45) is 4.04. The summed E-state index contributed by atoms with van der Waals surface area (Å²) in [6.45, 7) is 7.97. The highest BCUT2D eigenvalue weighted by atomic mass is 32.1. The topological polar surface area (TPSA) is 86.3 Å². The van der Waals surface area contributed by atoms with Gasteiger partial charge in [0.1, 0.15) is 11.5 Å². The van der Waals surface area contributed by atoms with Crippen molar-refractivity contribution in [2.75, 3.05) is 31.7 Å². The van der Waals surface area contributed by atoms with Crippen LogP contribution in [0.15, 0.2) is 61.9 Å². The van der Waals surface area contributed by atoms with Crippen molar-refractivity contribution < 1.29 is 18.7 Å². The van der Waals surface area contributed by atoms with E-state index in [0.29, 0.717) is 32.1 Å². The number of methoxy groups -OCH3 is 1. The molecule has 1 saturated heterocycles. The molecule has 0 spiro atoms. The first-order valence-corrected chi connectivity index (χ1v) is 13.4. The number of ether oxygens (including phenoxy) is 2. The van der Waals surface area contributed by atoms with Gasteiger partial charge in [0.2, 0.25) is 0 Å². The van der Waals surface area contributed by atoms with Gasteiger partial charge in [0.25, 0.3) is 5.56 Å². The molecule has 2 aliphatic heterocycles. The average molecular weight is 522 g/mol. The first kappa shape index (κ1) is 25.1. The van der Waals surface area contributed by atoms with Crippen molar-refractivity contribution in [1.29, 1.82) is 0 Å². The molecular formula is C28H31N3O5S. The molecule has 1 aromatic carbocycles. The highest BCUT2D eigenvalue weighted by Gasteiger charge is 2.33. The number of rotatable bonds is 6. The number of piperidine rings is 1. The third-order valence-corrected chi connectivity index (χ3v) is 7.91. The fourth-order valence-electron chi connectivity index (χ4n) is 4.84. The van der Waals surface area contributed by atoms with Gasteiger partial charge in [0.15, 0.2) is 10.7 Å². The Hall–Kier alpha value is -3.59. The van der Waals surface area contributed by atoms with E-state index in [0.717, 1.165) is 43.3 Å². The van der Waals surface area contributed by atoms with E-state index in [2.05, 4.69) is 16.8 Å². The van der Waals surface area contributed by atoms with E-state index in [4.69, 9.17) is 13.9 Å². The molecule has 2 aliphatic rings. The molecule has 0 aliphatic carbocycles. The number of allylic oxidation sites excluding steroid dienone is 1. The van der Waals surface area contributed by atoms with E-state index in [9.17, 15) is 9.59 Å². The van der Waals surface area contributed by atoms with Crippen LogP contribution in [0.25, 0.3) is 6.08 Å². The second kappa shape index (κ2) is 10.4. The van der Waals surface area contributed by atoms with Gasteiger partial charge in [-0.25, -0.2) is 9.79 Å². The van der Waals surface area contributed by atoms with Crippen LogP contribution in [0.2, 0.25) is 0 Å². The highest BCUT2D eigenvalue weighted by Crippen LogP contribution is 2.31. The Balaban J connectivity index is 1.57. The van der Waals surface area contributed by atoms with Crippen LogP contribution < -0.4 is 24.5 Å². The van der Waals surface area contributed by atoms with Crippen molar-refractivity contribution in [3.63, 3.8) is 0 Å². The van der Waals surface area contributed by atoms with Gasteiger partial charge in [-0.05, 0) is 56.4 Å². The van der Waals surface area contributed by atoms with Crippen LogP contribution in [0, 0.1) is 5.92 Å². The van der Waals surface area contributed by atoms with Gasteiger partial charge < -0.3 is 18.8 Å². The van der Waals surface area contributed by atoms with Crippen LogP contribution in [0.4, 0.5) is 5.88 Å². The van der Waals surface area contributed by atoms with Gasteiger partial charge in [-0.1, -0.05) is 30.4 Å². The van der Waals surface area contributed by atoms with Crippen LogP contribution in [0.1, 0.15) is 51.0 Å². The standard InChI is InChI=1S/C28H31N3O5S/c1-5-35-27(33)24-18(3)29-28-31(25(24)19-6-8-20(34-4)9-7-19)26(32)22(37-28)16-21-10-11-23(36-21)30-14-12-17(2)13-15-30/h6-11,16-17,25H,5,12-15H2,1-4H3/b22-16+/t25-/m0/s1. The van der Waals surface area contributed by atoms with E-state index < -0.39 is 12.0 Å². The number of carbonyl (C=O) groups excluding carboxylic acids is 1. The molecule has 0 amide bonds. The molecular weight excluding hydrogens is 490 g/mol. The number of thiazole rings is 1. The Morgan fingerprint density at radius 1 is 1.19 bits per heavy atom. The highest BCUT2D eigenvalue weighted by molar-refractivity contribution is 7.07. The molecule has 0 radical (unpaired) electrons. The average Bonchev–Trinajstić information content (AvgIpc) is 3.48. The van der Waals surface area contributed by atoms with Crippen molar-refractivity contribution in [2.45, 2.75) is 39.7 Å². The SMILES string of the molecule is CCOC(=O)C1=C(C)N=c2s/c(=C/c3ccc(N4CCC(C)CC4)o3)c(=O)n2[C@H]1c1ccc(OC)cc1. The molecule has 1 fully saturated rings. The zero-order valence-corrected chi connectivity index (χ0v) is 22.3. The molecule has 5 rings (SSSR count). The van der Waals surface area contributed by atoms with Crippen molar-refractivity contribution in [3.05, 3.63) is 78.7 Å².